The highest BCUT2D eigenvalue weighted by molar-refractivity contribution is 7.32. The first kappa shape index (κ1) is 13.6. The molecular weight excluding hydrogens is 210 g/mol. The largest absolute Gasteiger partial charge is 0.695 e. The number of hydrogen-bond donors (Lipinski definition) is 1. The Morgan fingerprint density at radius 3 is 2.64 bits per heavy atom. The minimum atomic E-state index is -2.83. The van der Waals surface area contributed by atoms with Gasteiger partial charge in [-0.3, -0.25) is 4.79 Å². The molecule has 0 aromatic carbocycles. The lowest BCUT2D eigenvalue weighted by molar-refractivity contribution is -0.132. The molecule has 0 aliphatic carbocycles. The van der Waals surface area contributed by atoms with Crippen LogP contribution in [0.5, 0.6) is 0 Å². The SMILES string of the molecule is CCCCC(C)(F)C(=O)CO[P+](=O)O. The van der Waals surface area contributed by atoms with Gasteiger partial charge in [0.05, 0.1) is 0 Å². The molecule has 0 heterocycles. The van der Waals surface area contributed by atoms with Gasteiger partial charge >= 0.3 is 8.25 Å². The van der Waals surface area contributed by atoms with Gasteiger partial charge in [0.15, 0.2) is 18.1 Å². The summed E-state index contributed by atoms with van der Waals surface area (Å²) < 4.78 is 27.8. The third-order valence-corrected chi connectivity index (χ3v) is 2.24. The summed E-state index contributed by atoms with van der Waals surface area (Å²) in [6, 6.07) is 0. The van der Waals surface area contributed by atoms with Crippen LogP contribution in [0.4, 0.5) is 4.39 Å². The quantitative estimate of drug-likeness (QED) is 0.674. The minimum absolute atomic E-state index is 0.119. The lowest BCUT2D eigenvalue weighted by Gasteiger charge is -2.16. The Kier molecular flexibility index (Phi) is 6.00. The lowest BCUT2D eigenvalue weighted by Crippen LogP contribution is -2.32. The molecular formula is C8H15FO4P+. The van der Waals surface area contributed by atoms with Gasteiger partial charge in [-0.1, -0.05) is 19.8 Å². The van der Waals surface area contributed by atoms with Crippen molar-refractivity contribution in [2.45, 2.75) is 38.8 Å². The van der Waals surface area contributed by atoms with Crippen molar-refractivity contribution in [3.8, 4) is 0 Å². The molecule has 6 heteroatoms. The summed E-state index contributed by atoms with van der Waals surface area (Å²) in [5.41, 5.74) is -1.96. The molecule has 0 spiro atoms. The van der Waals surface area contributed by atoms with Gasteiger partial charge in [0.2, 0.25) is 0 Å². The molecule has 82 valence electrons. The van der Waals surface area contributed by atoms with Crippen molar-refractivity contribution in [1.29, 1.82) is 0 Å². The van der Waals surface area contributed by atoms with Crippen LogP contribution >= 0.6 is 8.25 Å². The van der Waals surface area contributed by atoms with Crippen LogP contribution in [0.1, 0.15) is 33.1 Å². The molecule has 2 atom stereocenters. The minimum Gasteiger partial charge on any atom is -0.293 e. The summed E-state index contributed by atoms with van der Waals surface area (Å²) in [4.78, 5) is 19.4. The van der Waals surface area contributed by atoms with Crippen LogP contribution in [-0.4, -0.2) is 23.0 Å². The van der Waals surface area contributed by atoms with E-state index in [9.17, 15) is 13.8 Å². The van der Waals surface area contributed by atoms with Gasteiger partial charge in [-0.25, -0.2) is 4.39 Å². The van der Waals surface area contributed by atoms with Crippen molar-refractivity contribution in [1.82, 2.24) is 0 Å². The molecule has 0 bridgehead atoms. The van der Waals surface area contributed by atoms with E-state index in [-0.39, 0.29) is 6.42 Å². The summed E-state index contributed by atoms with van der Waals surface area (Å²) >= 11 is 0. The number of unbranched alkanes of at least 4 members (excludes halogenated alkanes) is 1. The zero-order valence-electron chi connectivity index (χ0n) is 8.33. The first-order valence-electron chi connectivity index (χ1n) is 4.41. The molecule has 0 amide bonds. The average Bonchev–Trinajstić information content (AvgIpc) is 2.10. The Morgan fingerprint density at radius 1 is 1.64 bits per heavy atom. The van der Waals surface area contributed by atoms with Crippen LogP contribution in [0.3, 0.4) is 0 Å². The normalized spacial score (nSPS) is 16.1. The van der Waals surface area contributed by atoms with E-state index in [1.54, 1.807) is 0 Å². The van der Waals surface area contributed by atoms with E-state index in [0.29, 0.717) is 6.42 Å². The van der Waals surface area contributed by atoms with Gasteiger partial charge in [-0.2, -0.15) is 0 Å². The average molecular weight is 225 g/mol. The Hall–Kier alpha value is -0.380. The second-order valence-electron chi connectivity index (χ2n) is 3.24. The molecule has 2 unspecified atom stereocenters. The zero-order valence-corrected chi connectivity index (χ0v) is 9.22. The van der Waals surface area contributed by atoms with Crippen LogP contribution in [-0.2, 0) is 13.9 Å². The number of Topliss-reactive ketones (excluding diaryl/α,β-unsaturated/α-hetero) is 1. The Morgan fingerprint density at radius 2 is 2.21 bits per heavy atom. The smallest absolute Gasteiger partial charge is 0.293 e. The molecule has 0 saturated carbocycles. The Bertz CT molecular complexity index is 217. The molecule has 1 N–H and O–H groups in total. The first-order chi connectivity index (χ1) is 6.40. The summed E-state index contributed by atoms with van der Waals surface area (Å²) in [7, 11) is -2.83. The highest BCUT2D eigenvalue weighted by Gasteiger charge is 2.34. The number of carbonyl (C=O) groups excluding carboxylic acids is 1. The highest BCUT2D eigenvalue weighted by Crippen LogP contribution is 2.22. The number of halogens is 1. The van der Waals surface area contributed by atoms with Crippen LogP contribution in [0, 0.1) is 0 Å². The van der Waals surface area contributed by atoms with Gasteiger partial charge in [0.25, 0.3) is 0 Å². The number of rotatable bonds is 7. The molecule has 0 saturated heterocycles. The monoisotopic (exact) mass is 225 g/mol. The number of carbonyl (C=O) groups is 1. The first-order valence-corrected chi connectivity index (χ1v) is 5.54. The van der Waals surface area contributed by atoms with Crippen molar-refractivity contribution in [2.24, 2.45) is 0 Å². The Labute approximate surface area is 83.4 Å². The zero-order chi connectivity index (χ0) is 11.2. The molecule has 0 fully saturated rings. The fourth-order valence-electron chi connectivity index (χ4n) is 0.913. The van der Waals surface area contributed by atoms with E-state index in [0.717, 1.165) is 6.42 Å². The molecule has 4 nitrogen and oxygen atoms in total. The second-order valence-corrected chi connectivity index (χ2v) is 3.97. The van der Waals surface area contributed by atoms with Gasteiger partial charge in [-0.15, -0.1) is 9.42 Å². The van der Waals surface area contributed by atoms with Crippen molar-refractivity contribution in [3.63, 3.8) is 0 Å². The van der Waals surface area contributed by atoms with E-state index in [2.05, 4.69) is 4.52 Å². The van der Waals surface area contributed by atoms with Crippen LogP contribution in [0.15, 0.2) is 0 Å². The summed E-state index contributed by atoms with van der Waals surface area (Å²) in [6.07, 6.45) is 1.51. The summed E-state index contributed by atoms with van der Waals surface area (Å²) in [6.45, 7) is 2.41. The lowest BCUT2D eigenvalue weighted by atomic mass is 9.97. The van der Waals surface area contributed by atoms with Gasteiger partial charge in [0, 0.05) is 4.57 Å². The van der Waals surface area contributed by atoms with Crippen LogP contribution < -0.4 is 0 Å². The van der Waals surface area contributed by atoms with Crippen LogP contribution in [0.2, 0.25) is 0 Å². The van der Waals surface area contributed by atoms with E-state index >= 15 is 0 Å². The van der Waals surface area contributed by atoms with E-state index < -0.39 is 26.3 Å². The van der Waals surface area contributed by atoms with E-state index in [4.69, 9.17) is 4.89 Å². The summed E-state index contributed by atoms with van der Waals surface area (Å²) in [5.74, 6) is -0.789. The van der Waals surface area contributed by atoms with Gasteiger partial charge in [-0.05, 0) is 13.3 Å². The predicted molar refractivity (Wildman–Crippen MR) is 49.8 cm³/mol. The van der Waals surface area contributed by atoms with E-state index in [1.165, 1.54) is 6.92 Å². The highest BCUT2D eigenvalue weighted by atomic mass is 31.1. The predicted octanol–water partition coefficient (Wildman–Crippen LogP) is 2.14. The van der Waals surface area contributed by atoms with Gasteiger partial charge in [0.1, 0.15) is 0 Å². The van der Waals surface area contributed by atoms with Crippen molar-refractivity contribution in [2.75, 3.05) is 6.61 Å². The number of ketones is 1. The molecule has 0 aromatic heterocycles. The fraction of sp³-hybridized carbons (Fsp3) is 0.875. The molecule has 0 aliphatic rings. The van der Waals surface area contributed by atoms with E-state index in [1.807, 2.05) is 6.92 Å². The maximum Gasteiger partial charge on any atom is 0.695 e. The van der Waals surface area contributed by atoms with Crippen molar-refractivity contribution >= 4 is 14.0 Å². The topological polar surface area (TPSA) is 63.6 Å². The van der Waals surface area contributed by atoms with Crippen molar-refractivity contribution < 1.29 is 23.2 Å². The molecule has 0 aliphatic heterocycles. The number of hydrogen-bond acceptors (Lipinski definition) is 3. The summed E-state index contributed by atoms with van der Waals surface area (Å²) in [5, 5.41) is 0. The molecule has 0 aromatic rings. The molecule has 0 radical (unpaired) electrons. The Balaban J connectivity index is 4.00. The second kappa shape index (κ2) is 6.17. The molecule has 14 heavy (non-hydrogen) atoms. The third-order valence-electron chi connectivity index (χ3n) is 1.89. The number of alkyl halides is 1. The molecule has 0 rings (SSSR count). The standard InChI is InChI=1S/C8H14FO4P/c1-3-4-5-8(2,9)7(10)6-13-14(11)12/h3-6H2,1-2H3/p+1. The van der Waals surface area contributed by atoms with Gasteiger partial charge < -0.3 is 0 Å². The van der Waals surface area contributed by atoms with Crippen molar-refractivity contribution in [3.05, 3.63) is 0 Å². The third kappa shape index (κ3) is 5.37. The van der Waals surface area contributed by atoms with Crippen LogP contribution in [0.25, 0.3) is 0 Å². The maximum atomic E-state index is 13.5. The maximum absolute atomic E-state index is 13.5. The fourth-order valence-corrected chi connectivity index (χ4v) is 1.14.